The van der Waals surface area contributed by atoms with E-state index < -0.39 is 0 Å². The van der Waals surface area contributed by atoms with Crippen LogP contribution < -0.4 is 10.9 Å². The number of rotatable bonds is 4. The zero-order chi connectivity index (χ0) is 20.5. The van der Waals surface area contributed by atoms with Gasteiger partial charge in [0.15, 0.2) is 0 Å². The van der Waals surface area contributed by atoms with Crippen LogP contribution in [0.1, 0.15) is 11.1 Å². The van der Waals surface area contributed by atoms with E-state index in [-0.39, 0.29) is 18.0 Å². The van der Waals surface area contributed by atoms with Crippen LogP contribution in [0.25, 0.3) is 20.7 Å². The molecule has 2 aromatic heterocycles. The summed E-state index contributed by atoms with van der Waals surface area (Å²) in [6.45, 7) is 3.85. The smallest absolute Gasteiger partial charge is 0.271 e. The van der Waals surface area contributed by atoms with Crippen molar-refractivity contribution in [1.29, 1.82) is 0 Å². The summed E-state index contributed by atoms with van der Waals surface area (Å²) in [6, 6.07) is 15.0. The Labute approximate surface area is 176 Å². The molecule has 0 fully saturated rings. The maximum absolute atomic E-state index is 12.9. The van der Waals surface area contributed by atoms with Gasteiger partial charge in [0, 0.05) is 15.6 Å². The van der Waals surface area contributed by atoms with Gasteiger partial charge in [0.05, 0.1) is 11.8 Å². The van der Waals surface area contributed by atoms with E-state index in [0.717, 1.165) is 27.3 Å². The van der Waals surface area contributed by atoms with Crippen LogP contribution in [-0.2, 0) is 11.3 Å². The molecule has 1 amide bonds. The number of thiophene rings is 1. The summed E-state index contributed by atoms with van der Waals surface area (Å²) in [5, 5.41) is 3.53. The molecule has 146 valence electrons. The normalized spacial score (nSPS) is 11.0. The molecule has 2 aromatic carbocycles. The van der Waals surface area contributed by atoms with E-state index in [4.69, 9.17) is 11.6 Å². The Morgan fingerprint density at radius 2 is 1.93 bits per heavy atom. The maximum Gasteiger partial charge on any atom is 0.271 e. The lowest BCUT2D eigenvalue weighted by Gasteiger charge is -2.11. The quantitative estimate of drug-likeness (QED) is 0.500. The molecule has 0 aliphatic heterocycles. The minimum atomic E-state index is -0.267. The molecule has 0 aliphatic carbocycles. The topological polar surface area (TPSA) is 64.0 Å². The highest BCUT2D eigenvalue weighted by atomic mass is 35.5. The van der Waals surface area contributed by atoms with Crippen molar-refractivity contribution < 1.29 is 4.79 Å². The molecule has 1 N–H and O–H groups in total. The van der Waals surface area contributed by atoms with E-state index in [1.165, 1.54) is 22.2 Å². The number of carbonyl (C=O) groups is 1. The number of aromatic nitrogens is 2. The van der Waals surface area contributed by atoms with Crippen LogP contribution in [-0.4, -0.2) is 15.5 Å². The molecule has 7 heteroatoms. The molecule has 0 spiro atoms. The largest absolute Gasteiger partial charge is 0.324 e. The summed E-state index contributed by atoms with van der Waals surface area (Å²) in [4.78, 5) is 30.6. The molecule has 0 atom stereocenters. The maximum atomic E-state index is 12.9. The number of aryl methyl sites for hydroxylation is 1. The molecule has 2 heterocycles. The van der Waals surface area contributed by atoms with Gasteiger partial charge in [0.25, 0.3) is 5.56 Å². The standard InChI is InChI=1S/C22H18ClN3O2S/c1-13-4-3-5-17(14(13)2)25-20(27)11-26-12-24-18-10-19(29-21(18)22(26)28)15-6-8-16(23)9-7-15/h3-10,12H,11H2,1-2H3,(H,25,27). The fraction of sp³-hybridized carbons (Fsp3) is 0.136. The van der Waals surface area contributed by atoms with Gasteiger partial charge in [-0.3, -0.25) is 14.2 Å². The lowest BCUT2D eigenvalue weighted by atomic mass is 10.1. The zero-order valence-electron chi connectivity index (χ0n) is 15.9. The van der Waals surface area contributed by atoms with Crippen molar-refractivity contribution in [2.75, 3.05) is 5.32 Å². The van der Waals surface area contributed by atoms with Gasteiger partial charge in [-0.15, -0.1) is 11.3 Å². The number of carbonyl (C=O) groups excluding carboxylic acids is 1. The minimum absolute atomic E-state index is 0.0939. The van der Waals surface area contributed by atoms with Gasteiger partial charge in [-0.05, 0) is 54.8 Å². The highest BCUT2D eigenvalue weighted by molar-refractivity contribution is 7.22. The highest BCUT2D eigenvalue weighted by Crippen LogP contribution is 2.31. The van der Waals surface area contributed by atoms with E-state index in [9.17, 15) is 9.59 Å². The average molecular weight is 424 g/mol. The van der Waals surface area contributed by atoms with Gasteiger partial charge in [-0.25, -0.2) is 4.98 Å². The van der Waals surface area contributed by atoms with Crippen molar-refractivity contribution >= 4 is 44.7 Å². The average Bonchev–Trinajstić information content (AvgIpc) is 3.13. The van der Waals surface area contributed by atoms with Crippen molar-refractivity contribution in [3.8, 4) is 10.4 Å². The summed E-state index contributed by atoms with van der Waals surface area (Å²) in [5.74, 6) is -0.267. The predicted octanol–water partition coefficient (Wildman–Crippen LogP) is 5.03. The molecule has 0 unspecified atom stereocenters. The molecule has 0 radical (unpaired) electrons. The van der Waals surface area contributed by atoms with Gasteiger partial charge in [0.2, 0.25) is 5.91 Å². The molecule has 5 nitrogen and oxygen atoms in total. The molecular formula is C22H18ClN3O2S. The van der Waals surface area contributed by atoms with E-state index in [2.05, 4.69) is 10.3 Å². The second-order valence-corrected chi connectivity index (χ2v) is 8.29. The van der Waals surface area contributed by atoms with Crippen LogP contribution in [0.2, 0.25) is 5.02 Å². The first-order valence-corrected chi connectivity index (χ1v) is 10.2. The Morgan fingerprint density at radius 1 is 1.17 bits per heavy atom. The van der Waals surface area contributed by atoms with Crippen LogP contribution in [0.3, 0.4) is 0 Å². The number of hydrogen-bond donors (Lipinski definition) is 1. The van der Waals surface area contributed by atoms with E-state index >= 15 is 0 Å². The Hall–Kier alpha value is -2.96. The SMILES string of the molecule is Cc1cccc(NC(=O)Cn2cnc3cc(-c4ccc(Cl)cc4)sc3c2=O)c1C. The number of nitrogens with one attached hydrogen (secondary N) is 1. The Morgan fingerprint density at radius 3 is 2.69 bits per heavy atom. The van der Waals surface area contributed by atoms with Gasteiger partial charge in [0.1, 0.15) is 11.2 Å². The molecule has 4 rings (SSSR count). The van der Waals surface area contributed by atoms with Crippen LogP contribution in [0, 0.1) is 13.8 Å². The van der Waals surface area contributed by atoms with Crippen molar-refractivity contribution in [2.45, 2.75) is 20.4 Å². The van der Waals surface area contributed by atoms with E-state index in [1.54, 1.807) is 0 Å². The molecule has 0 bridgehead atoms. The van der Waals surface area contributed by atoms with Crippen molar-refractivity contribution in [2.24, 2.45) is 0 Å². The third-order valence-corrected chi connectivity index (χ3v) is 6.24. The van der Waals surface area contributed by atoms with Crippen LogP contribution in [0.5, 0.6) is 0 Å². The van der Waals surface area contributed by atoms with E-state index in [0.29, 0.717) is 15.2 Å². The van der Waals surface area contributed by atoms with E-state index in [1.807, 2.05) is 62.4 Å². The zero-order valence-corrected chi connectivity index (χ0v) is 17.5. The van der Waals surface area contributed by atoms with Gasteiger partial charge < -0.3 is 5.32 Å². The fourth-order valence-corrected chi connectivity index (χ4v) is 4.24. The van der Waals surface area contributed by atoms with Crippen LogP contribution in [0.4, 0.5) is 5.69 Å². The van der Waals surface area contributed by atoms with Crippen molar-refractivity contribution in [1.82, 2.24) is 9.55 Å². The minimum Gasteiger partial charge on any atom is -0.324 e. The molecule has 0 saturated carbocycles. The summed E-state index contributed by atoms with van der Waals surface area (Å²) in [6.07, 6.45) is 1.42. The molecule has 4 aromatic rings. The number of nitrogens with zero attached hydrogens (tertiary/aromatic N) is 2. The Balaban J connectivity index is 1.60. The lowest BCUT2D eigenvalue weighted by Crippen LogP contribution is -2.27. The van der Waals surface area contributed by atoms with Crippen molar-refractivity contribution in [3.05, 3.63) is 81.4 Å². The molecular weight excluding hydrogens is 406 g/mol. The number of hydrogen-bond acceptors (Lipinski definition) is 4. The van der Waals surface area contributed by atoms with Gasteiger partial charge in [-0.1, -0.05) is 35.9 Å². The monoisotopic (exact) mass is 423 g/mol. The molecule has 29 heavy (non-hydrogen) atoms. The third-order valence-electron chi connectivity index (χ3n) is 4.83. The third kappa shape index (κ3) is 3.95. The summed E-state index contributed by atoms with van der Waals surface area (Å²) in [7, 11) is 0. The lowest BCUT2D eigenvalue weighted by molar-refractivity contribution is -0.116. The summed E-state index contributed by atoms with van der Waals surface area (Å²) in [5.41, 5.74) is 4.21. The number of halogens is 1. The number of anilines is 1. The van der Waals surface area contributed by atoms with Crippen LogP contribution >= 0.6 is 22.9 Å². The van der Waals surface area contributed by atoms with Gasteiger partial charge >= 0.3 is 0 Å². The fourth-order valence-electron chi connectivity index (χ4n) is 3.05. The molecule has 0 aliphatic rings. The first-order valence-electron chi connectivity index (χ1n) is 9.03. The summed E-state index contributed by atoms with van der Waals surface area (Å²) < 4.78 is 1.86. The number of fused-ring (bicyclic) bond motifs is 1. The second kappa shape index (κ2) is 7.81. The number of benzene rings is 2. The second-order valence-electron chi connectivity index (χ2n) is 6.81. The predicted molar refractivity (Wildman–Crippen MR) is 119 cm³/mol. The van der Waals surface area contributed by atoms with Gasteiger partial charge in [-0.2, -0.15) is 0 Å². The Kier molecular flexibility index (Phi) is 5.22. The van der Waals surface area contributed by atoms with Crippen LogP contribution in [0.15, 0.2) is 59.7 Å². The first-order chi connectivity index (χ1) is 13.9. The van der Waals surface area contributed by atoms with Crippen molar-refractivity contribution in [3.63, 3.8) is 0 Å². The Bertz CT molecular complexity index is 1280. The highest BCUT2D eigenvalue weighted by Gasteiger charge is 2.13. The summed E-state index contributed by atoms with van der Waals surface area (Å²) >= 11 is 7.31. The number of amides is 1. The first kappa shape index (κ1) is 19.4. The molecule has 0 saturated heterocycles.